The fourth-order valence-corrected chi connectivity index (χ4v) is 1.51. The number of rotatable bonds is 1. The third-order valence-electron chi connectivity index (χ3n) is 2.56. The van der Waals surface area contributed by atoms with Crippen LogP contribution in [-0.2, 0) is 0 Å². The molecule has 0 radical (unpaired) electrons. The van der Waals surface area contributed by atoms with Crippen molar-refractivity contribution in [1.82, 2.24) is 4.90 Å². The molecule has 0 spiro atoms. The Balaban J connectivity index is 2.40. The van der Waals surface area contributed by atoms with E-state index in [9.17, 15) is 0 Å². The lowest BCUT2D eigenvalue weighted by Gasteiger charge is -2.33. The Morgan fingerprint density at radius 2 is 2.20 bits per heavy atom. The average Bonchev–Trinajstić information content (AvgIpc) is 1.95. The monoisotopic (exact) mass is 139 g/mol. The second-order valence-corrected chi connectivity index (χ2v) is 3.36. The van der Waals surface area contributed by atoms with Gasteiger partial charge in [0, 0.05) is 12.6 Å². The quantitative estimate of drug-likeness (QED) is 0.501. The number of hydrogen-bond acceptors (Lipinski definition) is 1. The van der Waals surface area contributed by atoms with Gasteiger partial charge in [-0.2, -0.15) is 0 Å². The van der Waals surface area contributed by atoms with E-state index in [0.717, 1.165) is 12.0 Å². The molecule has 58 valence electrons. The molecule has 0 N–H and O–H groups in total. The first-order valence-electron chi connectivity index (χ1n) is 4.07. The van der Waals surface area contributed by atoms with E-state index in [1.165, 1.54) is 19.4 Å². The maximum absolute atomic E-state index is 3.82. The summed E-state index contributed by atoms with van der Waals surface area (Å²) in [5.41, 5.74) is 0. The molecule has 1 fully saturated rings. The van der Waals surface area contributed by atoms with Gasteiger partial charge in [-0.25, -0.2) is 0 Å². The number of piperidine rings is 1. The highest BCUT2D eigenvalue weighted by molar-refractivity contribution is 4.86. The van der Waals surface area contributed by atoms with E-state index >= 15 is 0 Å². The SMILES string of the molecule is C=CC1CCC(C)N(C)C1. The Bertz CT molecular complexity index is 120. The van der Waals surface area contributed by atoms with Crippen LogP contribution in [0.5, 0.6) is 0 Å². The summed E-state index contributed by atoms with van der Waals surface area (Å²) in [6.45, 7) is 7.31. The van der Waals surface area contributed by atoms with E-state index in [0.29, 0.717) is 0 Å². The molecule has 1 heteroatoms. The fraction of sp³-hybridized carbons (Fsp3) is 0.778. The van der Waals surface area contributed by atoms with Gasteiger partial charge in [0.05, 0.1) is 0 Å². The lowest BCUT2D eigenvalue weighted by Crippen LogP contribution is -2.37. The maximum atomic E-state index is 3.82. The Labute approximate surface area is 63.7 Å². The van der Waals surface area contributed by atoms with Gasteiger partial charge < -0.3 is 4.90 Å². The summed E-state index contributed by atoms with van der Waals surface area (Å²) < 4.78 is 0. The molecular formula is C9H17N. The van der Waals surface area contributed by atoms with E-state index in [4.69, 9.17) is 0 Å². The van der Waals surface area contributed by atoms with Crippen molar-refractivity contribution in [1.29, 1.82) is 0 Å². The summed E-state index contributed by atoms with van der Waals surface area (Å²) in [7, 11) is 2.19. The largest absolute Gasteiger partial charge is 0.303 e. The van der Waals surface area contributed by atoms with Gasteiger partial charge in [-0.15, -0.1) is 6.58 Å². The molecule has 1 aliphatic rings. The van der Waals surface area contributed by atoms with Crippen LogP contribution in [0.3, 0.4) is 0 Å². The Kier molecular flexibility index (Phi) is 2.50. The molecule has 0 aromatic carbocycles. The van der Waals surface area contributed by atoms with Crippen molar-refractivity contribution in [2.24, 2.45) is 5.92 Å². The second-order valence-electron chi connectivity index (χ2n) is 3.36. The third kappa shape index (κ3) is 1.60. The van der Waals surface area contributed by atoms with E-state index < -0.39 is 0 Å². The van der Waals surface area contributed by atoms with Crippen LogP contribution in [0.2, 0.25) is 0 Å². The number of nitrogens with zero attached hydrogens (tertiary/aromatic N) is 1. The third-order valence-corrected chi connectivity index (χ3v) is 2.56. The molecule has 1 heterocycles. The first-order chi connectivity index (χ1) is 4.74. The Morgan fingerprint density at radius 1 is 1.50 bits per heavy atom. The fourth-order valence-electron chi connectivity index (χ4n) is 1.51. The van der Waals surface area contributed by atoms with Crippen LogP contribution in [0.4, 0.5) is 0 Å². The molecule has 2 atom stereocenters. The van der Waals surface area contributed by atoms with Gasteiger partial charge in [0.25, 0.3) is 0 Å². The van der Waals surface area contributed by atoms with Crippen molar-refractivity contribution >= 4 is 0 Å². The van der Waals surface area contributed by atoms with Crippen LogP contribution >= 0.6 is 0 Å². The molecule has 0 saturated carbocycles. The second kappa shape index (κ2) is 3.20. The predicted octanol–water partition coefficient (Wildman–Crippen LogP) is 1.90. The van der Waals surface area contributed by atoms with Gasteiger partial charge in [-0.3, -0.25) is 0 Å². The highest BCUT2D eigenvalue weighted by Crippen LogP contribution is 2.20. The van der Waals surface area contributed by atoms with Gasteiger partial charge in [-0.05, 0) is 32.7 Å². The summed E-state index contributed by atoms with van der Waals surface area (Å²) in [4.78, 5) is 2.41. The molecule has 2 unspecified atom stereocenters. The van der Waals surface area contributed by atoms with Gasteiger partial charge in [0.15, 0.2) is 0 Å². The van der Waals surface area contributed by atoms with E-state index in [-0.39, 0.29) is 0 Å². The summed E-state index contributed by atoms with van der Waals surface area (Å²) in [6, 6.07) is 0.774. The molecule has 0 amide bonds. The zero-order valence-electron chi connectivity index (χ0n) is 7.01. The minimum absolute atomic E-state index is 0.737. The summed E-state index contributed by atoms with van der Waals surface area (Å²) in [5, 5.41) is 0. The summed E-state index contributed by atoms with van der Waals surface area (Å²) in [5.74, 6) is 0.737. The van der Waals surface area contributed by atoms with Gasteiger partial charge in [0.2, 0.25) is 0 Å². The molecule has 0 aromatic heterocycles. The summed E-state index contributed by atoms with van der Waals surface area (Å²) in [6.07, 6.45) is 4.74. The smallest absolute Gasteiger partial charge is 0.00643 e. The van der Waals surface area contributed by atoms with Crippen LogP contribution in [0.15, 0.2) is 12.7 Å². The van der Waals surface area contributed by atoms with Crippen molar-refractivity contribution in [2.75, 3.05) is 13.6 Å². The van der Waals surface area contributed by atoms with Crippen molar-refractivity contribution in [3.05, 3.63) is 12.7 Å². The Morgan fingerprint density at radius 3 is 2.70 bits per heavy atom. The van der Waals surface area contributed by atoms with Crippen LogP contribution in [0.1, 0.15) is 19.8 Å². The number of hydrogen-bond donors (Lipinski definition) is 0. The molecule has 1 saturated heterocycles. The predicted molar refractivity (Wildman–Crippen MR) is 45.0 cm³/mol. The van der Waals surface area contributed by atoms with Crippen LogP contribution in [-0.4, -0.2) is 24.5 Å². The van der Waals surface area contributed by atoms with Crippen LogP contribution < -0.4 is 0 Å². The van der Waals surface area contributed by atoms with Crippen molar-refractivity contribution < 1.29 is 0 Å². The van der Waals surface area contributed by atoms with Crippen molar-refractivity contribution in [3.63, 3.8) is 0 Å². The van der Waals surface area contributed by atoms with Gasteiger partial charge >= 0.3 is 0 Å². The maximum Gasteiger partial charge on any atom is 0.00643 e. The lowest BCUT2D eigenvalue weighted by molar-refractivity contribution is 0.170. The zero-order valence-corrected chi connectivity index (χ0v) is 7.01. The van der Waals surface area contributed by atoms with Gasteiger partial charge in [0.1, 0.15) is 0 Å². The summed E-state index contributed by atoms with van der Waals surface area (Å²) >= 11 is 0. The van der Waals surface area contributed by atoms with E-state index in [1.54, 1.807) is 0 Å². The first-order valence-corrected chi connectivity index (χ1v) is 4.07. The highest BCUT2D eigenvalue weighted by atomic mass is 15.1. The van der Waals surface area contributed by atoms with Crippen molar-refractivity contribution in [2.45, 2.75) is 25.8 Å². The molecule has 0 aromatic rings. The highest BCUT2D eigenvalue weighted by Gasteiger charge is 2.19. The standard InChI is InChI=1S/C9H17N/c1-4-9-6-5-8(2)10(3)7-9/h4,8-9H,1,5-7H2,2-3H3. The molecule has 0 aliphatic carbocycles. The average molecular weight is 139 g/mol. The van der Waals surface area contributed by atoms with Crippen LogP contribution in [0, 0.1) is 5.92 Å². The zero-order chi connectivity index (χ0) is 7.56. The molecule has 1 aliphatic heterocycles. The molecule has 1 rings (SSSR count). The molecule has 0 bridgehead atoms. The molecule has 10 heavy (non-hydrogen) atoms. The molecule has 1 nitrogen and oxygen atoms in total. The van der Waals surface area contributed by atoms with Crippen molar-refractivity contribution in [3.8, 4) is 0 Å². The topological polar surface area (TPSA) is 3.24 Å². The minimum Gasteiger partial charge on any atom is -0.303 e. The number of likely N-dealkylation sites (tertiary alicyclic amines) is 1. The lowest BCUT2D eigenvalue weighted by atomic mass is 9.94. The van der Waals surface area contributed by atoms with Gasteiger partial charge in [-0.1, -0.05) is 6.08 Å². The van der Waals surface area contributed by atoms with E-state index in [2.05, 4.69) is 31.5 Å². The Hall–Kier alpha value is -0.300. The van der Waals surface area contributed by atoms with Crippen LogP contribution in [0.25, 0.3) is 0 Å². The van der Waals surface area contributed by atoms with E-state index in [1.807, 2.05) is 0 Å². The minimum atomic E-state index is 0.737. The molecular weight excluding hydrogens is 122 g/mol. The normalized spacial score (nSPS) is 35.8. The first kappa shape index (κ1) is 7.80.